The van der Waals surface area contributed by atoms with E-state index in [9.17, 15) is 0 Å². The number of fused-ring (bicyclic) bond motifs is 1. The maximum absolute atomic E-state index is 6.44. The van der Waals surface area contributed by atoms with E-state index in [1.165, 1.54) is 33.4 Å². The molecule has 0 spiro atoms. The van der Waals surface area contributed by atoms with Crippen molar-refractivity contribution in [2.75, 3.05) is 4.90 Å². The zero-order valence-electron chi connectivity index (χ0n) is 31.9. The van der Waals surface area contributed by atoms with E-state index in [2.05, 4.69) is 229 Å². The predicted molar refractivity (Wildman–Crippen MR) is 244 cm³/mol. The van der Waals surface area contributed by atoms with Crippen LogP contribution in [0.1, 0.15) is 0 Å². The van der Waals surface area contributed by atoms with E-state index in [-0.39, 0.29) is 0 Å². The molecular formula is C56H39NO. The summed E-state index contributed by atoms with van der Waals surface area (Å²) >= 11 is 0. The molecule has 0 aliphatic heterocycles. The van der Waals surface area contributed by atoms with Crippen LogP contribution in [0.25, 0.3) is 77.9 Å². The largest absolute Gasteiger partial charge is 0.456 e. The Kier molecular flexibility index (Phi) is 9.27. The third kappa shape index (κ3) is 6.78. The average molecular weight is 742 g/mol. The van der Waals surface area contributed by atoms with Crippen LogP contribution in [0.2, 0.25) is 0 Å². The van der Waals surface area contributed by atoms with Crippen LogP contribution in [-0.2, 0) is 0 Å². The van der Waals surface area contributed by atoms with Gasteiger partial charge in [0.05, 0.1) is 0 Å². The van der Waals surface area contributed by atoms with Crippen LogP contribution in [0.4, 0.5) is 17.1 Å². The van der Waals surface area contributed by atoms with Crippen molar-refractivity contribution in [3.8, 4) is 67.0 Å². The fourth-order valence-electron chi connectivity index (χ4n) is 8.09. The first-order valence-electron chi connectivity index (χ1n) is 19.8. The maximum Gasteiger partial charge on any atom is 0.136 e. The number of hydrogen-bond acceptors (Lipinski definition) is 2. The molecule has 10 aromatic rings. The third-order valence-corrected chi connectivity index (χ3v) is 10.9. The van der Waals surface area contributed by atoms with Crippen LogP contribution in [-0.4, -0.2) is 0 Å². The lowest BCUT2D eigenvalue weighted by molar-refractivity contribution is 0.632. The summed E-state index contributed by atoms with van der Waals surface area (Å²) < 4.78 is 6.44. The maximum atomic E-state index is 6.44. The van der Waals surface area contributed by atoms with Gasteiger partial charge < -0.3 is 9.32 Å². The first kappa shape index (κ1) is 34.8. The van der Waals surface area contributed by atoms with Crippen LogP contribution in [0.15, 0.2) is 241 Å². The average Bonchev–Trinajstić information content (AvgIpc) is 3.75. The standard InChI is InChI=1S/C56H39NO/c1-4-16-41(17-5-1)49-23-11-13-25-52(49)53-26-14-12-24-50(53)43-30-35-48(36-31-43)57(46-21-8-3-9-22-46)47-33-28-40(29-34-47)44-32-37-51(42-18-6-2-7-19-42)54(38-44)56-39-45-20-10-15-27-55(45)58-56/h1-39H. The second kappa shape index (κ2) is 15.5. The zero-order chi connectivity index (χ0) is 38.7. The van der Waals surface area contributed by atoms with E-state index in [1.54, 1.807) is 0 Å². The molecule has 0 atom stereocenters. The second-order valence-electron chi connectivity index (χ2n) is 14.5. The monoisotopic (exact) mass is 741 g/mol. The molecule has 0 amide bonds. The highest BCUT2D eigenvalue weighted by molar-refractivity contribution is 5.93. The van der Waals surface area contributed by atoms with Gasteiger partial charge in [0.2, 0.25) is 0 Å². The first-order chi connectivity index (χ1) is 28.8. The van der Waals surface area contributed by atoms with Gasteiger partial charge in [-0.15, -0.1) is 0 Å². The van der Waals surface area contributed by atoms with Crippen molar-refractivity contribution in [2.45, 2.75) is 0 Å². The highest BCUT2D eigenvalue weighted by atomic mass is 16.3. The van der Waals surface area contributed by atoms with Crippen molar-refractivity contribution in [3.63, 3.8) is 0 Å². The van der Waals surface area contributed by atoms with E-state index in [0.717, 1.165) is 61.6 Å². The molecule has 9 aromatic carbocycles. The Morgan fingerprint density at radius 3 is 1.24 bits per heavy atom. The normalized spacial score (nSPS) is 11.1. The van der Waals surface area contributed by atoms with Crippen LogP contribution >= 0.6 is 0 Å². The van der Waals surface area contributed by atoms with Gasteiger partial charge in [0, 0.05) is 28.0 Å². The Morgan fingerprint density at radius 2 is 0.672 bits per heavy atom. The molecule has 0 bridgehead atoms. The molecule has 0 unspecified atom stereocenters. The number of benzene rings is 9. The van der Waals surface area contributed by atoms with Crippen molar-refractivity contribution >= 4 is 28.0 Å². The summed E-state index contributed by atoms with van der Waals surface area (Å²) in [4.78, 5) is 2.32. The fourth-order valence-corrected chi connectivity index (χ4v) is 8.09. The Bertz CT molecular complexity index is 2930. The van der Waals surface area contributed by atoms with E-state index in [1.807, 2.05) is 12.1 Å². The van der Waals surface area contributed by atoms with E-state index >= 15 is 0 Å². The Morgan fingerprint density at radius 1 is 0.259 bits per heavy atom. The summed E-state index contributed by atoms with van der Waals surface area (Å²) in [5.41, 5.74) is 17.0. The Labute approximate surface area is 339 Å². The lowest BCUT2D eigenvalue weighted by Gasteiger charge is -2.26. The SMILES string of the molecule is c1ccc(-c2ccc(-c3ccc(N(c4ccccc4)c4ccc(-c5ccccc5-c5ccccc5-c5ccccc5)cc4)cc3)cc2-c2cc3ccccc3o2)cc1. The molecule has 0 radical (unpaired) electrons. The minimum absolute atomic E-state index is 0.861. The van der Waals surface area contributed by atoms with Gasteiger partial charge in [-0.25, -0.2) is 0 Å². The molecule has 0 saturated heterocycles. The molecule has 10 rings (SSSR count). The summed E-state index contributed by atoms with van der Waals surface area (Å²) in [6.07, 6.45) is 0. The molecule has 0 aliphatic carbocycles. The van der Waals surface area contributed by atoms with E-state index < -0.39 is 0 Å². The fraction of sp³-hybridized carbons (Fsp3) is 0. The van der Waals surface area contributed by atoms with Gasteiger partial charge in [-0.05, 0) is 110 Å². The van der Waals surface area contributed by atoms with Gasteiger partial charge >= 0.3 is 0 Å². The van der Waals surface area contributed by atoms with Gasteiger partial charge in [-0.1, -0.05) is 182 Å². The predicted octanol–water partition coefficient (Wildman–Crippen LogP) is 15.9. The van der Waals surface area contributed by atoms with Crippen LogP contribution in [0.5, 0.6) is 0 Å². The number of anilines is 3. The first-order valence-corrected chi connectivity index (χ1v) is 19.8. The third-order valence-electron chi connectivity index (χ3n) is 10.9. The van der Waals surface area contributed by atoms with Crippen molar-refractivity contribution in [1.29, 1.82) is 0 Å². The number of rotatable bonds is 9. The number of nitrogens with zero attached hydrogens (tertiary/aromatic N) is 1. The highest BCUT2D eigenvalue weighted by Gasteiger charge is 2.17. The van der Waals surface area contributed by atoms with Crippen molar-refractivity contribution < 1.29 is 4.42 Å². The molecule has 0 aliphatic rings. The zero-order valence-corrected chi connectivity index (χ0v) is 31.9. The molecule has 0 N–H and O–H groups in total. The van der Waals surface area contributed by atoms with E-state index in [0.29, 0.717) is 0 Å². The quantitative estimate of drug-likeness (QED) is 0.146. The number of hydrogen-bond donors (Lipinski definition) is 0. The van der Waals surface area contributed by atoms with Crippen molar-refractivity contribution in [1.82, 2.24) is 0 Å². The Hall–Kier alpha value is -7.68. The van der Waals surface area contributed by atoms with Crippen LogP contribution < -0.4 is 4.90 Å². The van der Waals surface area contributed by atoms with Crippen molar-refractivity contribution in [2.24, 2.45) is 0 Å². The van der Waals surface area contributed by atoms with E-state index in [4.69, 9.17) is 4.42 Å². The molecular weight excluding hydrogens is 703 g/mol. The van der Waals surface area contributed by atoms with Crippen molar-refractivity contribution in [3.05, 3.63) is 237 Å². The molecule has 1 aromatic heterocycles. The molecule has 2 nitrogen and oxygen atoms in total. The molecule has 58 heavy (non-hydrogen) atoms. The topological polar surface area (TPSA) is 16.4 Å². The minimum Gasteiger partial charge on any atom is -0.456 e. The summed E-state index contributed by atoms with van der Waals surface area (Å²) in [6, 6.07) is 84.1. The molecule has 0 saturated carbocycles. The Balaban J connectivity index is 1.00. The van der Waals surface area contributed by atoms with Gasteiger partial charge in [-0.3, -0.25) is 0 Å². The summed E-state index contributed by atoms with van der Waals surface area (Å²) in [5, 5.41) is 1.10. The van der Waals surface area contributed by atoms with Gasteiger partial charge in [-0.2, -0.15) is 0 Å². The van der Waals surface area contributed by atoms with Crippen LogP contribution in [0.3, 0.4) is 0 Å². The van der Waals surface area contributed by atoms with Gasteiger partial charge in [0.1, 0.15) is 11.3 Å². The summed E-state index contributed by atoms with van der Waals surface area (Å²) in [7, 11) is 0. The minimum atomic E-state index is 0.861. The summed E-state index contributed by atoms with van der Waals surface area (Å²) in [5.74, 6) is 0.861. The second-order valence-corrected chi connectivity index (χ2v) is 14.5. The smallest absolute Gasteiger partial charge is 0.136 e. The molecule has 1 heterocycles. The lowest BCUT2D eigenvalue weighted by atomic mass is 9.89. The lowest BCUT2D eigenvalue weighted by Crippen LogP contribution is -2.09. The highest BCUT2D eigenvalue weighted by Crippen LogP contribution is 2.42. The van der Waals surface area contributed by atoms with Gasteiger partial charge in [0.25, 0.3) is 0 Å². The molecule has 274 valence electrons. The molecule has 0 fully saturated rings. The number of furan rings is 1. The molecule has 2 heteroatoms. The van der Waals surface area contributed by atoms with Gasteiger partial charge in [0.15, 0.2) is 0 Å². The summed E-state index contributed by atoms with van der Waals surface area (Å²) in [6.45, 7) is 0. The number of para-hydroxylation sites is 2. The van der Waals surface area contributed by atoms with Crippen LogP contribution in [0, 0.1) is 0 Å².